The summed E-state index contributed by atoms with van der Waals surface area (Å²) < 4.78 is 0. The van der Waals surface area contributed by atoms with Crippen LogP contribution >= 0.6 is 0 Å². The van der Waals surface area contributed by atoms with Gasteiger partial charge in [0.2, 0.25) is 0 Å². The maximum Gasteiger partial charge on any atom is 0.113 e. The molecule has 0 aliphatic rings. The Labute approximate surface area is 72.0 Å². The van der Waals surface area contributed by atoms with Gasteiger partial charge in [-0.15, -0.1) is 0 Å². The van der Waals surface area contributed by atoms with Gasteiger partial charge < -0.3 is 0 Å². The maximum absolute atomic E-state index is 5.62. The first kappa shape index (κ1) is 8.79. The third kappa shape index (κ3) is 1.47. The predicted molar refractivity (Wildman–Crippen MR) is 51.8 cm³/mol. The zero-order chi connectivity index (χ0) is 7.68. The van der Waals surface area contributed by atoms with Gasteiger partial charge in [-0.1, -0.05) is 47.9 Å². The summed E-state index contributed by atoms with van der Waals surface area (Å²) in [4.78, 5) is 0. The molecule has 0 saturated carbocycles. The second kappa shape index (κ2) is 3.39. The first-order valence-corrected chi connectivity index (χ1v) is 3.60. The van der Waals surface area contributed by atoms with Crippen molar-refractivity contribution in [1.29, 1.82) is 0 Å². The van der Waals surface area contributed by atoms with E-state index in [1.807, 2.05) is 30.3 Å². The lowest BCUT2D eigenvalue weighted by Crippen LogP contribution is -1.99. The van der Waals surface area contributed by atoms with Gasteiger partial charge in [0.25, 0.3) is 0 Å². The van der Waals surface area contributed by atoms with Crippen LogP contribution in [0.5, 0.6) is 0 Å². The summed E-state index contributed by atoms with van der Waals surface area (Å²) in [5.41, 5.74) is 0.823. The Bertz CT molecular complexity index is 384. The van der Waals surface area contributed by atoms with Crippen LogP contribution in [-0.4, -0.2) is 7.85 Å². The number of benzene rings is 2. The largest absolute Gasteiger partial charge is 0.269 e. The number of fused-ring (bicyclic) bond motifs is 1. The van der Waals surface area contributed by atoms with Crippen molar-refractivity contribution in [3.8, 4) is 0 Å². The van der Waals surface area contributed by atoms with Crippen LogP contribution in [0.4, 0.5) is 4.70 Å². The zero-order valence-corrected chi connectivity index (χ0v) is 6.53. The molecule has 2 radical (unpaired) electrons. The molecule has 0 bridgehead atoms. The molecule has 12 heavy (non-hydrogen) atoms. The molecule has 0 unspecified atom stereocenters. The smallest absolute Gasteiger partial charge is 0.113 e. The zero-order valence-electron chi connectivity index (χ0n) is 6.53. The molecule has 0 nitrogen and oxygen atoms in total. The molecular formula is C10H8BF. The van der Waals surface area contributed by atoms with Crippen molar-refractivity contribution in [2.45, 2.75) is 0 Å². The highest BCUT2D eigenvalue weighted by Crippen LogP contribution is 2.09. The van der Waals surface area contributed by atoms with Gasteiger partial charge in [0, 0.05) is 0 Å². The first-order valence-electron chi connectivity index (χ1n) is 3.60. The van der Waals surface area contributed by atoms with E-state index >= 15 is 0 Å². The summed E-state index contributed by atoms with van der Waals surface area (Å²) in [6, 6.07) is 14.1. The second-order valence-electron chi connectivity index (χ2n) is 2.61. The molecule has 0 heterocycles. The second-order valence-corrected chi connectivity index (χ2v) is 2.61. The highest BCUT2D eigenvalue weighted by Gasteiger charge is 1.89. The van der Waals surface area contributed by atoms with Crippen LogP contribution in [0.3, 0.4) is 0 Å². The molecule has 0 saturated heterocycles. The average Bonchev–Trinajstić information content (AvgIpc) is 2.04. The molecule has 58 valence electrons. The lowest BCUT2D eigenvalue weighted by Gasteiger charge is -1.97. The molecule has 0 spiro atoms. The Morgan fingerprint density at radius 1 is 0.833 bits per heavy atom. The van der Waals surface area contributed by atoms with E-state index in [1.165, 1.54) is 10.8 Å². The number of hydrogen-bond donors (Lipinski definition) is 0. The number of hydrogen-bond acceptors (Lipinski definition) is 0. The first-order chi connectivity index (χ1) is 5.36. The average molecular weight is 158 g/mol. The highest BCUT2D eigenvalue weighted by atomic mass is 19.0. The standard InChI is InChI=1S/C10H7B.FH/c11-10-6-5-8-3-1-2-4-9(8)7-10;/h1-7H;1H. The van der Waals surface area contributed by atoms with Crippen LogP contribution in [0.15, 0.2) is 42.5 Å². The van der Waals surface area contributed by atoms with Crippen molar-refractivity contribution in [3.05, 3.63) is 42.5 Å². The van der Waals surface area contributed by atoms with Gasteiger partial charge in [0.1, 0.15) is 7.85 Å². The Hall–Kier alpha value is -1.31. The van der Waals surface area contributed by atoms with E-state index in [9.17, 15) is 0 Å². The molecule has 0 N–H and O–H groups in total. The minimum atomic E-state index is 0. The van der Waals surface area contributed by atoms with Gasteiger partial charge in [-0.3, -0.25) is 4.70 Å². The SMILES string of the molecule is F.[B]c1ccc2ccccc2c1. The molecule has 2 aromatic rings. The third-order valence-electron chi connectivity index (χ3n) is 1.77. The Morgan fingerprint density at radius 3 is 2.25 bits per heavy atom. The van der Waals surface area contributed by atoms with Crippen LogP contribution in [0.1, 0.15) is 0 Å². The lowest BCUT2D eigenvalue weighted by molar-refractivity contribution is 1.11. The predicted octanol–water partition coefficient (Wildman–Crippen LogP) is 1.79. The van der Waals surface area contributed by atoms with Crippen LogP contribution in [0, 0.1) is 0 Å². The fourth-order valence-electron chi connectivity index (χ4n) is 1.21. The van der Waals surface area contributed by atoms with Crippen molar-refractivity contribution in [2.24, 2.45) is 0 Å². The summed E-state index contributed by atoms with van der Waals surface area (Å²) in [7, 11) is 5.62. The van der Waals surface area contributed by atoms with E-state index in [-0.39, 0.29) is 4.70 Å². The molecule has 2 rings (SSSR count). The van der Waals surface area contributed by atoms with Crippen LogP contribution in [0.25, 0.3) is 10.8 Å². The van der Waals surface area contributed by atoms with E-state index in [4.69, 9.17) is 7.85 Å². The van der Waals surface area contributed by atoms with Gasteiger partial charge in [-0.25, -0.2) is 0 Å². The molecule has 0 atom stereocenters. The van der Waals surface area contributed by atoms with E-state index in [1.54, 1.807) is 0 Å². The Kier molecular flexibility index (Phi) is 2.49. The summed E-state index contributed by atoms with van der Waals surface area (Å²) in [6.45, 7) is 0. The maximum atomic E-state index is 5.62. The third-order valence-corrected chi connectivity index (χ3v) is 1.77. The van der Waals surface area contributed by atoms with E-state index in [0.29, 0.717) is 0 Å². The summed E-state index contributed by atoms with van der Waals surface area (Å²) in [6.07, 6.45) is 0. The van der Waals surface area contributed by atoms with Crippen molar-refractivity contribution < 1.29 is 4.70 Å². The highest BCUT2D eigenvalue weighted by molar-refractivity contribution is 6.33. The monoisotopic (exact) mass is 158 g/mol. The van der Waals surface area contributed by atoms with Crippen LogP contribution < -0.4 is 5.46 Å². The molecule has 0 aromatic heterocycles. The minimum Gasteiger partial charge on any atom is -0.269 e. The lowest BCUT2D eigenvalue weighted by atomic mass is 9.94. The van der Waals surface area contributed by atoms with Gasteiger partial charge in [-0.05, 0) is 10.8 Å². The summed E-state index contributed by atoms with van der Waals surface area (Å²) >= 11 is 0. The van der Waals surface area contributed by atoms with E-state index in [2.05, 4.69) is 12.1 Å². The van der Waals surface area contributed by atoms with Crippen molar-refractivity contribution >= 4 is 24.1 Å². The van der Waals surface area contributed by atoms with E-state index in [0.717, 1.165) is 5.46 Å². The Balaban J connectivity index is 0.000000720. The molecule has 0 aliphatic carbocycles. The van der Waals surface area contributed by atoms with Crippen LogP contribution in [0.2, 0.25) is 0 Å². The van der Waals surface area contributed by atoms with Crippen LogP contribution in [-0.2, 0) is 0 Å². The molecule has 0 amide bonds. The van der Waals surface area contributed by atoms with Crippen molar-refractivity contribution in [2.75, 3.05) is 0 Å². The van der Waals surface area contributed by atoms with Crippen molar-refractivity contribution in [1.82, 2.24) is 0 Å². The summed E-state index contributed by atoms with van der Waals surface area (Å²) in [5, 5.41) is 2.44. The fourth-order valence-corrected chi connectivity index (χ4v) is 1.21. The van der Waals surface area contributed by atoms with Gasteiger partial charge >= 0.3 is 0 Å². The topological polar surface area (TPSA) is 0 Å². The quantitative estimate of drug-likeness (QED) is 0.512. The molecule has 2 aromatic carbocycles. The van der Waals surface area contributed by atoms with E-state index < -0.39 is 0 Å². The Morgan fingerprint density at radius 2 is 1.50 bits per heavy atom. The molecule has 0 aliphatic heterocycles. The molecular weight excluding hydrogens is 150 g/mol. The normalized spacial score (nSPS) is 9.33. The molecule has 2 heteroatoms. The van der Waals surface area contributed by atoms with Gasteiger partial charge in [-0.2, -0.15) is 0 Å². The number of halogens is 1. The number of rotatable bonds is 0. The summed E-state index contributed by atoms with van der Waals surface area (Å²) in [5.74, 6) is 0. The van der Waals surface area contributed by atoms with Crippen molar-refractivity contribution in [3.63, 3.8) is 0 Å². The minimum absolute atomic E-state index is 0. The fraction of sp³-hybridized carbons (Fsp3) is 0. The van der Waals surface area contributed by atoms with Gasteiger partial charge in [0.15, 0.2) is 0 Å². The van der Waals surface area contributed by atoms with Gasteiger partial charge in [0.05, 0.1) is 0 Å². The molecule has 0 fully saturated rings.